The Bertz CT molecular complexity index is 1010. The Hall–Kier alpha value is -2.03. The quantitative estimate of drug-likeness (QED) is 0.696. The summed E-state index contributed by atoms with van der Waals surface area (Å²) in [5.74, 6) is -1.74. The first-order chi connectivity index (χ1) is 12.0. The third-order valence-electron chi connectivity index (χ3n) is 4.29. The molecule has 0 aliphatic carbocycles. The molecule has 1 aromatic carbocycles. The van der Waals surface area contributed by atoms with Gasteiger partial charge in [-0.2, -0.15) is 4.31 Å². The number of hydrogen-bond acceptors (Lipinski definition) is 3. The molecular weight excluding hydrogens is 366 g/mol. The number of halogens is 2. The van der Waals surface area contributed by atoms with Crippen LogP contribution in [-0.4, -0.2) is 23.8 Å². The number of sulfonamides is 1. The van der Waals surface area contributed by atoms with Crippen LogP contribution in [0.4, 0.5) is 8.78 Å². The summed E-state index contributed by atoms with van der Waals surface area (Å²) in [5.41, 5.74) is 0.814. The molecule has 0 bridgehead atoms. The van der Waals surface area contributed by atoms with E-state index in [9.17, 15) is 17.2 Å². The molecule has 0 fully saturated rings. The van der Waals surface area contributed by atoms with Crippen LogP contribution in [0, 0.1) is 11.6 Å². The Balaban J connectivity index is 1.87. The maximum absolute atomic E-state index is 14.2. The van der Waals surface area contributed by atoms with Crippen LogP contribution >= 0.6 is 11.3 Å². The van der Waals surface area contributed by atoms with Crippen LogP contribution in [0.3, 0.4) is 0 Å². The fourth-order valence-electron chi connectivity index (χ4n) is 3.16. The number of fused-ring (bicyclic) bond motifs is 1. The highest BCUT2D eigenvalue weighted by molar-refractivity contribution is 7.89. The third kappa shape index (κ3) is 2.70. The Labute approximate surface area is 148 Å². The predicted molar refractivity (Wildman–Crippen MR) is 90.8 cm³/mol. The van der Waals surface area contributed by atoms with Gasteiger partial charge in [0, 0.05) is 29.9 Å². The van der Waals surface area contributed by atoms with E-state index in [1.807, 2.05) is 40.4 Å². The zero-order valence-electron chi connectivity index (χ0n) is 13.0. The number of aromatic nitrogens is 1. The molecule has 4 rings (SSSR count). The molecular formula is C17H14F2N2O2S2. The highest BCUT2D eigenvalue weighted by atomic mass is 32.2. The van der Waals surface area contributed by atoms with Gasteiger partial charge in [-0.25, -0.2) is 17.2 Å². The lowest BCUT2D eigenvalue weighted by Crippen LogP contribution is -2.42. The highest BCUT2D eigenvalue weighted by Gasteiger charge is 2.39. The van der Waals surface area contributed by atoms with E-state index in [0.717, 1.165) is 28.8 Å². The van der Waals surface area contributed by atoms with Gasteiger partial charge in [-0.1, -0.05) is 6.07 Å². The van der Waals surface area contributed by atoms with E-state index in [2.05, 4.69) is 0 Å². The SMILES string of the molecule is O=S(=O)(c1cc(F)ccc1F)N1CCn2cccc2C1c1cccs1. The van der Waals surface area contributed by atoms with E-state index in [1.165, 1.54) is 15.6 Å². The van der Waals surface area contributed by atoms with Crippen molar-refractivity contribution in [3.8, 4) is 0 Å². The zero-order chi connectivity index (χ0) is 17.6. The van der Waals surface area contributed by atoms with E-state index < -0.39 is 32.6 Å². The summed E-state index contributed by atoms with van der Waals surface area (Å²) in [6.45, 7) is 0.642. The van der Waals surface area contributed by atoms with Crippen molar-refractivity contribution in [1.82, 2.24) is 8.87 Å². The molecule has 0 radical (unpaired) electrons. The Morgan fingerprint density at radius 2 is 1.92 bits per heavy atom. The van der Waals surface area contributed by atoms with Crippen molar-refractivity contribution in [2.45, 2.75) is 17.5 Å². The summed E-state index contributed by atoms with van der Waals surface area (Å²) in [4.78, 5) is 0.203. The Morgan fingerprint density at radius 1 is 1.08 bits per heavy atom. The third-order valence-corrected chi connectivity index (χ3v) is 7.09. The Morgan fingerprint density at radius 3 is 2.68 bits per heavy atom. The summed E-state index contributed by atoms with van der Waals surface area (Å²) >= 11 is 1.43. The monoisotopic (exact) mass is 380 g/mol. The number of hydrogen-bond donors (Lipinski definition) is 0. The van der Waals surface area contributed by atoms with Gasteiger partial charge < -0.3 is 4.57 Å². The molecule has 130 valence electrons. The maximum atomic E-state index is 14.2. The summed E-state index contributed by atoms with van der Waals surface area (Å²) in [5, 5.41) is 1.87. The zero-order valence-corrected chi connectivity index (χ0v) is 14.6. The van der Waals surface area contributed by atoms with Crippen molar-refractivity contribution < 1.29 is 17.2 Å². The molecule has 3 heterocycles. The summed E-state index contributed by atoms with van der Waals surface area (Å²) in [6, 6.07) is 9.34. The van der Waals surface area contributed by atoms with Gasteiger partial charge in [0.25, 0.3) is 0 Å². The smallest absolute Gasteiger partial charge is 0.247 e. The number of thiophene rings is 1. The van der Waals surface area contributed by atoms with Crippen molar-refractivity contribution in [1.29, 1.82) is 0 Å². The largest absolute Gasteiger partial charge is 0.348 e. The van der Waals surface area contributed by atoms with Gasteiger partial charge in [0.2, 0.25) is 10.0 Å². The van der Waals surface area contributed by atoms with Gasteiger partial charge >= 0.3 is 0 Å². The normalized spacial score (nSPS) is 18.2. The van der Waals surface area contributed by atoms with E-state index in [4.69, 9.17) is 0 Å². The minimum absolute atomic E-state index is 0.183. The topological polar surface area (TPSA) is 42.3 Å². The Kier molecular flexibility index (Phi) is 3.98. The molecule has 2 aromatic heterocycles. The van der Waals surface area contributed by atoms with Crippen LogP contribution in [0.15, 0.2) is 58.9 Å². The summed E-state index contributed by atoms with van der Waals surface area (Å²) in [6.07, 6.45) is 1.89. The first-order valence-corrected chi connectivity index (χ1v) is 9.96. The first kappa shape index (κ1) is 16.4. The molecule has 1 aliphatic rings. The van der Waals surface area contributed by atoms with Gasteiger partial charge in [0.15, 0.2) is 0 Å². The number of rotatable bonds is 3. The van der Waals surface area contributed by atoms with E-state index >= 15 is 0 Å². The van der Waals surface area contributed by atoms with Crippen LogP contribution in [0.2, 0.25) is 0 Å². The molecule has 0 N–H and O–H groups in total. The fraction of sp³-hybridized carbons (Fsp3) is 0.176. The lowest BCUT2D eigenvalue weighted by atomic mass is 10.1. The average Bonchev–Trinajstić information content (AvgIpc) is 3.26. The number of nitrogens with zero attached hydrogens (tertiary/aromatic N) is 2. The van der Waals surface area contributed by atoms with Crippen molar-refractivity contribution in [3.05, 3.63) is 76.2 Å². The lowest BCUT2D eigenvalue weighted by Gasteiger charge is -2.35. The van der Waals surface area contributed by atoms with Gasteiger partial charge in [-0.05, 0) is 41.8 Å². The first-order valence-electron chi connectivity index (χ1n) is 7.64. The van der Waals surface area contributed by atoms with Gasteiger partial charge in [-0.3, -0.25) is 0 Å². The molecule has 0 spiro atoms. The minimum Gasteiger partial charge on any atom is -0.348 e. The van der Waals surface area contributed by atoms with Crippen LogP contribution in [0.5, 0.6) is 0 Å². The molecule has 8 heteroatoms. The van der Waals surface area contributed by atoms with Crippen molar-refractivity contribution in [3.63, 3.8) is 0 Å². The number of benzene rings is 1. The van der Waals surface area contributed by atoms with Gasteiger partial charge in [0.1, 0.15) is 16.5 Å². The van der Waals surface area contributed by atoms with Crippen LogP contribution in [0.1, 0.15) is 16.6 Å². The van der Waals surface area contributed by atoms with E-state index in [1.54, 1.807) is 0 Å². The second-order valence-corrected chi connectivity index (χ2v) is 8.57. The molecule has 25 heavy (non-hydrogen) atoms. The average molecular weight is 380 g/mol. The molecule has 4 nitrogen and oxygen atoms in total. The molecule has 0 saturated heterocycles. The molecule has 1 atom stereocenters. The summed E-state index contributed by atoms with van der Waals surface area (Å²) < 4.78 is 57.2. The van der Waals surface area contributed by atoms with Crippen molar-refractivity contribution >= 4 is 21.4 Å². The van der Waals surface area contributed by atoms with E-state index in [-0.39, 0.29) is 6.54 Å². The minimum atomic E-state index is -4.20. The molecule has 0 amide bonds. The molecule has 3 aromatic rings. The fourth-order valence-corrected chi connectivity index (χ4v) is 5.72. The standard InChI is InChI=1S/C17H14F2N2O2S2/c18-12-5-6-13(19)16(11-12)25(22,23)21-9-8-20-7-1-3-14(20)17(21)15-4-2-10-24-15/h1-7,10-11,17H,8-9H2. The second-order valence-electron chi connectivity index (χ2n) is 5.73. The molecule has 1 unspecified atom stereocenters. The van der Waals surface area contributed by atoms with Gasteiger partial charge in [0.05, 0.1) is 6.04 Å². The van der Waals surface area contributed by atoms with E-state index in [0.29, 0.717) is 6.54 Å². The molecule has 0 saturated carbocycles. The predicted octanol–water partition coefficient (Wildman–Crippen LogP) is 3.62. The van der Waals surface area contributed by atoms with Crippen LogP contribution < -0.4 is 0 Å². The maximum Gasteiger partial charge on any atom is 0.247 e. The second kappa shape index (κ2) is 6.05. The van der Waals surface area contributed by atoms with Crippen molar-refractivity contribution in [2.75, 3.05) is 6.54 Å². The van der Waals surface area contributed by atoms with Crippen molar-refractivity contribution in [2.24, 2.45) is 0 Å². The van der Waals surface area contributed by atoms with Crippen LogP contribution in [-0.2, 0) is 16.6 Å². The van der Waals surface area contributed by atoms with Gasteiger partial charge in [-0.15, -0.1) is 11.3 Å². The molecule has 1 aliphatic heterocycles. The summed E-state index contributed by atoms with van der Waals surface area (Å²) in [7, 11) is -4.20. The van der Waals surface area contributed by atoms with Crippen LogP contribution in [0.25, 0.3) is 0 Å². The lowest BCUT2D eigenvalue weighted by molar-refractivity contribution is 0.300. The highest BCUT2D eigenvalue weighted by Crippen LogP contribution is 2.38.